The first kappa shape index (κ1) is 11.4. The number of ketones is 1. The van der Waals surface area contributed by atoms with Crippen molar-refractivity contribution in [2.24, 2.45) is 5.92 Å². The summed E-state index contributed by atoms with van der Waals surface area (Å²) in [6, 6.07) is 3.99. The van der Waals surface area contributed by atoms with Gasteiger partial charge in [-0.15, -0.1) is 0 Å². The number of carbonyl (C=O) groups is 2. The average molecular weight is 247 g/mol. The van der Waals surface area contributed by atoms with Crippen molar-refractivity contribution in [3.05, 3.63) is 29.6 Å². The van der Waals surface area contributed by atoms with Crippen molar-refractivity contribution in [3.8, 4) is 0 Å². The third-order valence-corrected chi connectivity index (χ3v) is 3.85. The number of halogens is 1. The van der Waals surface area contributed by atoms with Crippen LogP contribution in [0.2, 0.25) is 0 Å². The van der Waals surface area contributed by atoms with Gasteiger partial charge in [-0.25, -0.2) is 4.39 Å². The van der Waals surface area contributed by atoms with E-state index in [-0.39, 0.29) is 5.56 Å². The Bertz CT molecular complexity index is 521. The van der Waals surface area contributed by atoms with Crippen LogP contribution in [0.4, 0.5) is 10.1 Å². The Morgan fingerprint density at radius 2 is 1.94 bits per heavy atom. The van der Waals surface area contributed by atoms with Crippen molar-refractivity contribution >= 4 is 17.4 Å². The lowest BCUT2D eigenvalue weighted by Gasteiger charge is -2.20. The zero-order valence-electron chi connectivity index (χ0n) is 9.99. The first-order valence-corrected chi connectivity index (χ1v) is 6.32. The zero-order chi connectivity index (χ0) is 12.7. The second-order valence-corrected chi connectivity index (χ2v) is 5.06. The molecule has 0 atom stereocenters. The van der Waals surface area contributed by atoms with Crippen molar-refractivity contribution in [1.29, 1.82) is 0 Å². The van der Waals surface area contributed by atoms with Crippen LogP contribution in [0, 0.1) is 11.7 Å². The van der Waals surface area contributed by atoms with Crippen LogP contribution in [0.1, 0.15) is 36.0 Å². The summed E-state index contributed by atoms with van der Waals surface area (Å²) in [7, 11) is 0. The van der Waals surface area contributed by atoms with Gasteiger partial charge in [0.05, 0.1) is 11.3 Å². The number of nitrogens with zero attached hydrogens (tertiary/aromatic N) is 1. The highest BCUT2D eigenvalue weighted by Crippen LogP contribution is 2.33. The molecule has 1 saturated carbocycles. The molecule has 94 valence electrons. The van der Waals surface area contributed by atoms with E-state index in [0.717, 1.165) is 18.9 Å². The quantitative estimate of drug-likeness (QED) is 0.753. The molecule has 0 unspecified atom stereocenters. The molecule has 4 heteroatoms. The van der Waals surface area contributed by atoms with E-state index in [9.17, 15) is 14.0 Å². The van der Waals surface area contributed by atoms with E-state index in [1.165, 1.54) is 29.9 Å². The fourth-order valence-electron chi connectivity index (χ4n) is 2.91. The molecule has 1 heterocycles. The maximum Gasteiger partial charge on any atom is 0.299 e. The Morgan fingerprint density at radius 1 is 1.22 bits per heavy atom. The van der Waals surface area contributed by atoms with Gasteiger partial charge in [0.1, 0.15) is 5.82 Å². The van der Waals surface area contributed by atoms with Crippen molar-refractivity contribution in [3.63, 3.8) is 0 Å². The Balaban J connectivity index is 1.91. The molecule has 1 aromatic carbocycles. The van der Waals surface area contributed by atoms with Crippen LogP contribution in [0.25, 0.3) is 0 Å². The summed E-state index contributed by atoms with van der Waals surface area (Å²) < 4.78 is 13.1. The summed E-state index contributed by atoms with van der Waals surface area (Å²) in [6.07, 6.45) is 4.59. The highest BCUT2D eigenvalue weighted by atomic mass is 19.1. The summed E-state index contributed by atoms with van der Waals surface area (Å²) in [5.74, 6) is -1.10. The van der Waals surface area contributed by atoms with E-state index in [4.69, 9.17) is 0 Å². The number of anilines is 1. The Hall–Kier alpha value is -1.71. The maximum atomic E-state index is 13.1. The van der Waals surface area contributed by atoms with Gasteiger partial charge in [-0.05, 0) is 37.0 Å². The molecule has 2 aliphatic rings. The highest BCUT2D eigenvalue weighted by Gasteiger charge is 2.37. The number of Topliss-reactive ketones (excluding diaryl/α,β-unsaturated/α-hetero) is 1. The van der Waals surface area contributed by atoms with Crippen LogP contribution in [0.5, 0.6) is 0 Å². The second kappa shape index (κ2) is 4.19. The minimum atomic E-state index is -0.581. The van der Waals surface area contributed by atoms with E-state index >= 15 is 0 Å². The fraction of sp³-hybridized carbons (Fsp3) is 0.429. The summed E-state index contributed by atoms with van der Waals surface area (Å²) in [4.78, 5) is 25.2. The molecule has 0 spiro atoms. The third kappa shape index (κ3) is 1.72. The topological polar surface area (TPSA) is 37.4 Å². The lowest BCUT2D eigenvalue weighted by Crippen LogP contribution is -2.33. The smallest absolute Gasteiger partial charge is 0.299 e. The number of amides is 1. The first-order valence-electron chi connectivity index (χ1n) is 6.32. The summed E-state index contributed by atoms with van der Waals surface area (Å²) >= 11 is 0. The van der Waals surface area contributed by atoms with Crippen molar-refractivity contribution in [2.45, 2.75) is 25.7 Å². The van der Waals surface area contributed by atoms with Crippen LogP contribution in [-0.2, 0) is 4.79 Å². The minimum absolute atomic E-state index is 0.206. The molecule has 1 amide bonds. The Kier molecular flexibility index (Phi) is 2.65. The minimum Gasteiger partial charge on any atom is -0.304 e. The molecule has 1 aromatic rings. The molecule has 3 nitrogen and oxygen atoms in total. The normalized spacial score (nSPS) is 19.7. The molecule has 1 aliphatic heterocycles. The number of hydrogen-bond donors (Lipinski definition) is 0. The highest BCUT2D eigenvalue weighted by molar-refractivity contribution is 6.52. The lowest BCUT2D eigenvalue weighted by molar-refractivity contribution is -0.114. The van der Waals surface area contributed by atoms with Gasteiger partial charge in [0, 0.05) is 6.54 Å². The maximum absolute atomic E-state index is 13.1. The largest absolute Gasteiger partial charge is 0.304 e. The van der Waals surface area contributed by atoms with Crippen LogP contribution in [0.3, 0.4) is 0 Å². The summed E-state index contributed by atoms with van der Waals surface area (Å²) in [6.45, 7) is 0.587. The number of hydrogen-bond acceptors (Lipinski definition) is 2. The number of benzene rings is 1. The predicted octanol–water partition coefficient (Wildman–Crippen LogP) is 2.55. The Morgan fingerprint density at radius 3 is 2.67 bits per heavy atom. The van der Waals surface area contributed by atoms with Gasteiger partial charge in [-0.2, -0.15) is 0 Å². The van der Waals surface area contributed by atoms with Gasteiger partial charge >= 0.3 is 0 Å². The lowest BCUT2D eigenvalue weighted by atomic mass is 10.1. The van der Waals surface area contributed by atoms with E-state index in [1.807, 2.05) is 0 Å². The summed E-state index contributed by atoms with van der Waals surface area (Å²) in [5, 5.41) is 0. The first-order chi connectivity index (χ1) is 8.66. The van der Waals surface area contributed by atoms with E-state index in [1.54, 1.807) is 0 Å². The van der Waals surface area contributed by atoms with Crippen molar-refractivity contribution in [1.82, 2.24) is 0 Å². The van der Waals surface area contributed by atoms with Gasteiger partial charge < -0.3 is 4.90 Å². The van der Waals surface area contributed by atoms with Crippen LogP contribution in [0.15, 0.2) is 18.2 Å². The van der Waals surface area contributed by atoms with Crippen LogP contribution in [-0.4, -0.2) is 18.2 Å². The summed E-state index contributed by atoms with van der Waals surface area (Å²) in [5.41, 5.74) is 0.774. The van der Waals surface area contributed by atoms with E-state index in [2.05, 4.69) is 0 Å². The molecule has 0 aromatic heterocycles. The van der Waals surface area contributed by atoms with Gasteiger partial charge in [0.15, 0.2) is 0 Å². The van der Waals surface area contributed by atoms with Crippen LogP contribution >= 0.6 is 0 Å². The van der Waals surface area contributed by atoms with Gasteiger partial charge in [-0.3, -0.25) is 9.59 Å². The second-order valence-electron chi connectivity index (χ2n) is 5.06. The molecule has 0 radical (unpaired) electrons. The van der Waals surface area contributed by atoms with Crippen LogP contribution < -0.4 is 4.90 Å². The average Bonchev–Trinajstić information content (AvgIpc) is 2.94. The monoisotopic (exact) mass is 247 g/mol. The molecule has 3 rings (SSSR count). The molecule has 0 saturated heterocycles. The zero-order valence-corrected chi connectivity index (χ0v) is 9.99. The standard InChI is InChI=1S/C14H14FNO2/c15-10-5-6-12-11(7-10)13(17)14(18)16(12)8-9-3-1-2-4-9/h5-7,9H,1-4,8H2. The SMILES string of the molecule is O=C1C(=O)N(CC2CCCC2)c2ccc(F)cc21. The third-order valence-electron chi connectivity index (χ3n) is 3.85. The molecule has 0 N–H and O–H groups in total. The Labute approximate surface area is 105 Å². The van der Waals surface area contributed by atoms with Gasteiger partial charge in [0.25, 0.3) is 11.7 Å². The van der Waals surface area contributed by atoms with Gasteiger partial charge in [-0.1, -0.05) is 12.8 Å². The molecule has 0 bridgehead atoms. The fourth-order valence-corrected chi connectivity index (χ4v) is 2.91. The molecule has 1 aliphatic carbocycles. The molecule has 18 heavy (non-hydrogen) atoms. The molecular weight excluding hydrogens is 233 g/mol. The van der Waals surface area contributed by atoms with Crippen molar-refractivity contribution in [2.75, 3.05) is 11.4 Å². The number of carbonyl (C=O) groups excluding carboxylic acids is 2. The molecular formula is C14H14FNO2. The van der Waals surface area contributed by atoms with Gasteiger partial charge in [0.2, 0.25) is 0 Å². The number of rotatable bonds is 2. The number of fused-ring (bicyclic) bond motifs is 1. The van der Waals surface area contributed by atoms with Crippen molar-refractivity contribution < 1.29 is 14.0 Å². The predicted molar refractivity (Wildman–Crippen MR) is 65.0 cm³/mol. The van der Waals surface area contributed by atoms with E-state index in [0.29, 0.717) is 18.2 Å². The van der Waals surface area contributed by atoms with E-state index < -0.39 is 17.5 Å². The molecule has 1 fully saturated rings.